The van der Waals surface area contributed by atoms with Crippen molar-refractivity contribution in [2.45, 2.75) is 26.9 Å². The fraction of sp³-hybridized carbons (Fsp3) is 0.261. The van der Waals surface area contributed by atoms with Gasteiger partial charge in [0.15, 0.2) is 0 Å². The molecule has 0 aliphatic carbocycles. The summed E-state index contributed by atoms with van der Waals surface area (Å²) in [6, 6.07) is 13.2. The number of aromatic nitrogens is 2. The standard InChI is InChI=1S/C23H24F3N5O/c1-4-31(5-2)21-14-20(27-15(3)28-21)29-16-10-12-17(13-11-16)30-22(32)18-8-6-7-9-19(18)23(24,25)26/h6-14H,4-5H2,1-3H3,(H,30,32)(H,27,28,29). The third-order valence-corrected chi connectivity index (χ3v) is 4.80. The Labute approximate surface area is 184 Å². The maximum Gasteiger partial charge on any atom is 0.417 e. The van der Waals surface area contributed by atoms with Crippen LogP contribution in [-0.4, -0.2) is 29.0 Å². The average molecular weight is 443 g/mol. The predicted octanol–water partition coefficient (Wildman–Crippen LogP) is 5.65. The molecule has 0 saturated carbocycles. The van der Waals surface area contributed by atoms with Gasteiger partial charge in [0.25, 0.3) is 5.91 Å². The van der Waals surface area contributed by atoms with E-state index in [2.05, 4.69) is 25.5 Å². The van der Waals surface area contributed by atoms with E-state index in [4.69, 9.17) is 0 Å². The first-order chi connectivity index (χ1) is 15.2. The highest BCUT2D eigenvalue weighted by atomic mass is 19.4. The van der Waals surface area contributed by atoms with Crippen LogP contribution in [0.2, 0.25) is 0 Å². The van der Waals surface area contributed by atoms with Crippen molar-refractivity contribution in [3.05, 3.63) is 71.5 Å². The second-order valence-corrected chi connectivity index (χ2v) is 7.03. The lowest BCUT2D eigenvalue weighted by Crippen LogP contribution is -2.23. The van der Waals surface area contributed by atoms with Gasteiger partial charge in [-0.1, -0.05) is 12.1 Å². The maximum absolute atomic E-state index is 13.2. The van der Waals surface area contributed by atoms with Crippen molar-refractivity contribution in [3.63, 3.8) is 0 Å². The largest absolute Gasteiger partial charge is 0.417 e. The average Bonchev–Trinajstić information content (AvgIpc) is 2.75. The first-order valence-electron chi connectivity index (χ1n) is 10.2. The van der Waals surface area contributed by atoms with E-state index in [1.54, 1.807) is 24.3 Å². The Bertz CT molecular complexity index is 1080. The van der Waals surface area contributed by atoms with E-state index in [1.165, 1.54) is 12.1 Å². The molecule has 0 saturated heterocycles. The van der Waals surface area contributed by atoms with Gasteiger partial charge in [-0.05, 0) is 57.2 Å². The number of rotatable bonds is 7. The lowest BCUT2D eigenvalue weighted by atomic mass is 10.1. The van der Waals surface area contributed by atoms with Crippen LogP contribution in [0.1, 0.15) is 35.6 Å². The zero-order chi connectivity index (χ0) is 23.3. The summed E-state index contributed by atoms with van der Waals surface area (Å²) >= 11 is 0. The van der Waals surface area contributed by atoms with Gasteiger partial charge < -0.3 is 15.5 Å². The van der Waals surface area contributed by atoms with Crippen LogP contribution in [0.4, 0.5) is 36.2 Å². The minimum absolute atomic E-state index is 0.375. The summed E-state index contributed by atoms with van der Waals surface area (Å²) in [4.78, 5) is 23.4. The molecule has 168 valence electrons. The molecule has 0 unspecified atom stereocenters. The molecule has 0 atom stereocenters. The topological polar surface area (TPSA) is 70.2 Å². The van der Waals surface area contributed by atoms with Gasteiger partial charge in [0, 0.05) is 30.5 Å². The van der Waals surface area contributed by atoms with Gasteiger partial charge in [-0.15, -0.1) is 0 Å². The van der Waals surface area contributed by atoms with Crippen LogP contribution in [0.5, 0.6) is 0 Å². The molecule has 3 aromatic rings. The molecule has 0 bridgehead atoms. The molecule has 32 heavy (non-hydrogen) atoms. The molecule has 2 N–H and O–H groups in total. The van der Waals surface area contributed by atoms with Crippen LogP contribution in [0.15, 0.2) is 54.6 Å². The number of nitrogens with zero attached hydrogens (tertiary/aromatic N) is 3. The summed E-state index contributed by atoms with van der Waals surface area (Å²) < 4.78 is 39.5. The Hall–Kier alpha value is -3.62. The first kappa shape index (κ1) is 23.1. The van der Waals surface area contributed by atoms with Crippen molar-refractivity contribution < 1.29 is 18.0 Å². The summed E-state index contributed by atoms with van der Waals surface area (Å²) in [5, 5.41) is 5.70. The van der Waals surface area contributed by atoms with Gasteiger partial charge >= 0.3 is 6.18 Å². The monoisotopic (exact) mass is 443 g/mol. The highest BCUT2D eigenvalue weighted by Crippen LogP contribution is 2.32. The number of hydrogen-bond donors (Lipinski definition) is 2. The summed E-state index contributed by atoms with van der Waals surface area (Å²) in [5.74, 6) is 1.24. The summed E-state index contributed by atoms with van der Waals surface area (Å²) in [7, 11) is 0. The Kier molecular flexibility index (Phi) is 6.97. The lowest BCUT2D eigenvalue weighted by molar-refractivity contribution is -0.137. The highest BCUT2D eigenvalue weighted by molar-refractivity contribution is 6.05. The molecule has 0 fully saturated rings. The molecule has 0 spiro atoms. The van der Waals surface area contributed by atoms with Crippen molar-refractivity contribution in [1.29, 1.82) is 0 Å². The van der Waals surface area contributed by atoms with Crippen LogP contribution in [0, 0.1) is 6.92 Å². The molecule has 0 radical (unpaired) electrons. The number of carbonyl (C=O) groups is 1. The number of halogens is 3. The molecule has 3 rings (SSSR count). The van der Waals surface area contributed by atoms with Crippen LogP contribution in [0.25, 0.3) is 0 Å². The normalized spacial score (nSPS) is 11.2. The molecule has 6 nitrogen and oxygen atoms in total. The quantitative estimate of drug-likeness (QED) is 0.494. The summed E-state index contributed by atoms with van der Waals surface area (Å²) in [6.45, 7) is 7.55. The van der Waals surface area contributed by atoms with Crippen LogP contribution < -0.4 is 15.5 Å². The minimum atomic E-state index is -4.61. The third kappa shape index (κ3) is 5.54. The number of hydrogen-bond acceptors (Lipinski definition) is 5. The number of benzene rings is 2. The summed E-state index contributed by atoms with van der Waals surface area (Å²) in [6.07, 6.45) is -4.61. The van der Waals surface area contributed by atoms with Crippen molar-refractivity contribution >= 4 is 28.9 Å². The van der Waals surface area contributed by atoms with E-state index in [1.807, 2.05) is 26.8 Å². The van der Waals surface area contributed by atoms with Crippen LogP contribution in [-0.2, 0) is 6.18 Å². The van der Waals surface area contributed by atoms with Gasteiger partial charge in [0.1, 0.15) is 17.5 Å². The van der Waals surface area contributed by atoms with E-state index < -0.39 is 23.2 Å². The number of alkyl halides is 3. The smallest absolute Gasteiger partial charge is 0.357 e. The van der Waals surface area contributed by atoms with Gasteiger partial charge in [-0.2, -0.15) is 13.2 Å². The number of carbonyl (C=O) groups excluding carboxylic acids is 1. The molecule has 0 aliphatic heterocycles. The molecule has 1 heterocycles. The van der Waals surface area contributed by atoms with Crippen molar-refractivity contribution in [3.8, 4) is 0 Å². The zero-order valence-corrected chi connectivity index (χ0v) is 18.0. The molecular weight excluding hydrogens is 419 g/mol. The predicted molar refractivity (Wildman–Crippen MR) is 119 cm³/mol. The third-order valence-electron chi connectivity index (χ3n) is 4.80. The van der Waals surface area contributed by atoms with E-state index in [0.29, 0.717) is 23.0 Å². The molecule has 0 aliphatic rings. The zero-order valence-electron chi connectivity index (χ0n) is 18.0. The van der Waals surface area contributed by atoms with Crippen molar-refractivity contribution in [2.24, 2.45) is 0 Å². The lowest BCUT2D eigenvalue weighted by Gasteiger charge is -2.20. The van der Waals surface area contributed by atoms with Gasteiger partial charge in [-0.3, -0.25) is 4.79 Å². The van der Waals surface area contributed by atoms with Gasteiger partial charge in [0.2, 0.25) is 0 Å². The number of nitrogens with one attached hydrogen (secondary N) is 2. The van der Waals surface area contributed by atoms with E-state index in [0.717, 1.165) is 31.0 Å². The van der Waals surface area contributed by atoms with Gasteiger partial charge in [-0.25, -0.2) is 9.97 Å². The van der Waals surface area contributed by atoms with Crippen LogP contribution >= 0.6 is 0 Å². The highest BCUT2D eigenvalue weighted by Gasteiger charge is 2.34. The molecule has 2 aromatic carbocycles. The Morgan fingerprint density at radius 3 is 2.22 bits per heavy atom. The molecule has 1 aromatic heterocycles. The SMILES string of the molecule is CCN(CC)c1cc(Nc2ccc(NC(=O)c3ccccc3C(F)(F)F)cc2)nc(C)n1. The van der Waals surface area contributed by atoms with Crippen molar-refractivity contribution in [2.75, 3.05) is 28.6 Å². The Balaban J connectivity index is 1.74. The maximum atomic E-state index is 13.2. The fourth-order valence-corrected chi connectivity index (χ4v) is 3.24. The van der Waals surface area contributed by atoms with Gasteiger partial charge in [0.05, 0.1) is 11.1 Å². The second-order valence-electron chi connectivity index (χ2n) is 7.03. The van der Waals surface area contributed by atoms with Crippen LogP contribution in [0.3, 0.4) is 0 Å². The van der Waals surface area contributed by atoms with E-state index in [9.17, 15) is 18.0 Å². The molecule has 1 amide bonds. The Morgan fingerprint density at radius 1 is 0.969 bits per heavy atom. The Morgan fingerprint density at radius 2 is 1.59 bits per heavy atom. The minimum Gasteiger partial charge on any atom is -0.357 e. The molecular formula is C23H24F3N5O. The van der Waals surface area contributed by atoms with E-state index in [-0.39, 0.29) is 0 Å². The van der Waals surface area contributed by atoms with E-state index >= 15 is 0 Å². The second kappa shape index (κ2) is 9.67. The summed E-state index contributed by atoms with van der Waals surface area (Å²) in [5.41, 5.74) is -0.316. The number of aryl methyl sites for hydroxylation is 1. The number of anilines is 4. The molecule has 9 heteroatoms. The number of amides is 1. The van der Waals surface area contributed by atoms with Crippen molar-refractivity contribution in [1.82, 2.24) is 9.97 Å². The fourth-order valence-electron chi connectivity index (χ4n) is 3.24. The first-order valence-corrected chi connectivity index (χ1v) is 10.2.